The normalized spacial score (nSPS) is 15.6. The Balaban J connectivity index is 2.12. The van der Waals surface area contributed by atoms with Crippen LogP contribution in [0.5, 0.6) is 11.5 Å². The molecule has 1 aliphatic carbocycles. The fourth-order valence-corrected chi connectivity index (χ4v) is 1.83. The van der Waals surface area contributed by atoms with E-state index in [9.17, 15) is 9.90 Å². The summed E-state index contributed by atoms with van der Waals surface area (Å²) in [5.41, 5.74) is 0.440. The summed E-state index contributed by atoms with van der Waals surface area (Å²) in [6, 6.07) is 4.94. The molecule has 1 unspecified atom stereocenters. The first-order chi connectivity index (χ1) is 9.65. The van der Waals surface area contributed by atoms with E-state index < -0.39 is 12.1 Å². The molecule has 110 valence electrons. The van der Waals surface area contributed by atoms with Crippen LogP contribution in [0, 0.1) is 5.92 Å². The molecule has 0 aliphatic heterocycles. The summed E-state index contributed by atoms with van der Waals surface area (Å²) < 4.78 is 15.7. The number of esters is 1. The number of hydrogen-bond donors (Lipinski definition) is 1. The summed E-state index contributed by atoms with van der Waals surface area (Å²) in [7, 11) is 1.56. The van der Waals surface area contributed by atoms with Crippen LogP contribution in [0.1, 0.15) is 31.4 Å². The highest BCUT2D eigenvalue weighted by Crippen LogP contribution is 2.34. The minimum Gasteiger partial charge on any atom is -0.493 e. The Kier molecular flexibility index (Phi) is 4.84. The van der Waals surface area contributed by atoms with Gasteiger partial charge >= 0.3 is 5.97 Å². The van der Waals surface area contributed by atoms with Gasteiger partial charge in [-0.15, -0.1) is 0 Å². The first kappa shape index (κ1) is 14.7. The van der Waals surface area contributed by atoms with Crippen molar-refractivity contribution in [2.75, 3.05) is 20.3 Å². The molecule has 1 aromatic carbocycles. The van der Waals surface area contributed by atoms with Crippen molar-refractivity contribution in [2.24, 2.45) is 5.92 Å². The van der Waals surface area contributed by atoms with E-state index in [2.05, 4.69) is 0 Å². The van der Waals surface area contributed by atoms with Crippen LogP contribution in [0.3, 0.4) is 0 Å². The molecule has 0 radical (unpaired) electrons. The zero-order valence-electron chi connectivity index (χ0n) is 11.8. The fourth-order valence-electron chi connectivity index (χ4n) is 1.83. The molecule has 1 aliphatic rings. The fraction of sp³-hybridized carbons (Fsp3) is 0.533. The average molecular weight is 280 g/mol. The van der Waals surface area contributed by atoms with Crippen molar-refractivity contribution in [3.8, 4) is 11.5 Å². The van der Waals surface area contributed by atoms with Gasteiger partial charge in [-0.1, -0.05) is 6.07 Å². The Hall–Kier alpha value is -1.75. The topological polar surface area (TPSA) is 65.0 Å². The number of carbonyl (C=O) groups excluding carboxylic acids is 1. The predicted molar refractivity (Wildman–Crippen MR) is 72.8 cm³/mol. The van der Waals surface area contributed by atoms with Crippen LogP contribution in [-0.4, -0.2) is 31.4 Å². The maximum atomic E-state index is 11.5. The Morgan fingerprint density at radius 2 is 2.15 bits per heavy atom. The van der Waals surface area contributed by atoms with Crippen molar-refractivity contribution < 1.29 is 24.1 Å². The maximum Gasteiger partial charge on any atom is 0.339 e. The van der Waals surface area contributed by atoms with E-state index in [1.807, 2.05) is 0 Å². The van der Waals surface area contributed by atoms with E-state index in [4.69, 9.17) is 14.2 Å². The van der Waals surface area contributed by atoms with Crippen molar-refractivity contribution >= 4 is 5.97 Å². The van der Waals surface area contributed by atoms with Gasteiger partial charge in [-0.05, 0) is 43.4 Å². The standard InChI is InChI=1S/C15H20O5/c1-3-19-15(17)14(16)11-6-7-12(18-2)13(8-11)20-9-10-4-5-10/h6-8,10,14,16H,3-5,9H2,1-2H3. The summed E-state index contributed by atoms with van der Waals surface area (Å²) in [6.45, 7) is 2.56. The van der Waals surface area contributed by atoms with Gasteiger partial charge in [0, 0.05) is 0 Å². The SMILES string of the molecule is CCOC(=O)C(O)c1ccc(OC)c(OCC2CC2)c1. The van der Waals surface area contributed by atoms with E-state index in [1.54, 1.807) is 32.2 Å². The van der Waals surface area contributed by atoms with Crippen molar-refractivity contribution in [3.63, 3.8) is 0 Å². The summed E-state index contributed by atoms with van der Waals surface area (Å²) in [5.74, 6) is 1.08. The number of methoxy groups -OCH3 is 1. The van der Waals surface area contributed by atoms with Crippen LogP contribution in [0.2, 0.25) is 0 Å². The maximum absolute atomic E-state index is 11.5. The van der Waals surface area contributed by atoms with Gasteiger partial charge in [-0.2, -0.15) is 0 Å². The first-order valence-corrected chi connectivity index (χ1v) is 6.81. The number of aliphatic hydroxyl groups is 1. The summed E-state index contributed by atoms with van der Waals surface area (Å²) in [4.78, 5) is 11.5. The number of rotatable bonds is 7. The van der Waals surface area contributed by atoms with E-state index in [0.717, 1.165) is 0 Å². The Labute approximate surface area is 118 Å². The number of ether oxygens (including phenoxy) is 3. The van der Waals surface area contributed by atoms with Crippen molar-refractivity contribution in [1.82, 2.24) is 0 Å². The van der Waals surface area contributed by atoms with Crippen molar-refractivity contribution in [3.05, 3.63) is 23.8 Å². The second-order valence-electron chi connectivity index (χ2n) is 4.82. The van der Waals surface area contributed by atoms with Gasteiger partial charge in [0.15, 0.2) is 17.6 Å². The van der Waals surface area contributed by atoms with Crippen molar-refractivity contribution in [2.45, 2.75) is 25.9 Å². The minimum absolute atomic E-state index is 0.233. The highest BCUT2D eigenvalue weighted by molar-refractivity contribution is 5.76. The molecule has 2 rings (SSSR count). The lowest BCUT2D eigenvalue weighted by molar-refractivity contribution is -0.153. The Morgan fingerprint density at radius 3 is 2.75 bits per heavy atom. The van der Waals surface area contributed by atoms with Gasteiger partial charge < -0.3 is 19.3 Å². The third kappa shape index (κ3) is 3.63. The molecule has 0 saturated heterocycles. The molecule has 0 spiro atoms. The van der Waals surface area contributed by atoms with Crippen LogP contribution < -0.4 is 9.47 Å². The van der Waals surface area contributed by atoms with E-state index >= 15 is 0 Å². The molecule has 1 atom stereocenters. The van der Waals surface area contributed by atoms with Crippen LogP contribution in [-0.2, 0) is 9.53 Å². The largest absolute Gasteiger partial charge is 0.493 e. The Morgan fingerprint density at radius 1 is 1.40 bits per heavy atom. The second kappa shape index (κ2) is 6.61. The lowest BCUT2D eigenvalue weighted by atomic mass is 10.1. The molecule has 20 heavy (non-hydrogen) atoms. The van der Waals surface area contributed by atoms with Gasteiger partial charge in [0.1, 0.15) is 0 Å². The third-order valence-corrected chi connectivity index (χ3v) is 3.18. The lowest BCUT2D eigenvalue weighted by Crippen LogP contribution is -2.15. The third-order valence-electron chi connectivity index (χ3n) is 3.18. The molecule has 0 amide bonds. The van der Waals surface area contributed by atoms with Gasteiger partial charge in [0.25, 0.3) is 0 Å². The minimum atomic E-state index is -1.30. The molecule has 1 saturated carbocycles. The monoisotopic (exact) mass is 280 g/mol. The number of hydrogen-bond acceptors (Lipinski definition) is 5. The van der Waals surface area contributed by atoms with Gasteiger partial charge in [-0.3, -0.25) is 0 Å². The molecule has 1 N–H and O–H groups in total. The average Bonchev–Trinajstić information content (AvgIpc) is 3.28. The smallest absolute Gasteiger partial charge is 0.339 e. The highest BCUT2D eigenvalue weighted by Gasteiger charge is 2.24. The van der Waals surface area contributed by atoms with Crippen LogP contribution in [0.15, 0.2) is 18.2 Å². The van der Waals surface area contributed by atoms with Gasteiger partial charge in [-0.25, -0.2) is 4.79 Å². The molecule has 0 heterocycles. The first-order valence-electron chi connectivity index (χ1n) is 6.81. The zero-order valence-corrected chi connectivity index (χ0v) is 11.8. The summed E-state index contributed by atoms with van der Waals surface area (Å²) in [5, 5.41) is 9.93. The number of benzene rings is 1. The summed E-state index contributed by atoms with van der Waals surface area (Å²) in [6.07, 6.45) is 1.07. The van der Waals surface area contributed by atoms with Gasteiger partial charge in [0.05, 0.1) is 20.3 Å². The van der Waals surface area contributed by atoms with Crippen LogP contribution >= 0.6 is 0 Å². The number of carbonyl (C=O) groups is 1. The van der Waals surface area contributed by atoms with Crippen LogP contribution in [0.4, 0.5) is 0 Å². The molecular weight excluding hydrogens is 260 g/mol. The lowest BCUT2D eigenvalue weighted by Gasteiger charge is -2.14. The van der Waals surface area contributed by atoms with E-state index in [1.165, 1.54) is 12.8 Å². The zero-order chi connectivity index (χ0) is 14.5. The van der Waals surface area contributed by atoms with E-state index in [0.29, 0.717) is 29.6 Å². The molecule has 0 bridgehead atoms. The molecule has 5 heteroatoms. The molecule has 1 fully saturated rings. The Bertz CT molecular complexity index is 467. The molecule has 0 aromatic heterocycles. The second-order valence-corrected chi connectivity index (χ2v) is 4.82. The van der Waals surface area contributed by atoms with E-state index in [-0.39, 0.29) is 6.61 Å². The van der Waals surface area contributed by atoms with Crippen molar-refractivity contribution in [1.29, 1.82) is 0 Å². The highest BCUT2D eigenvalue weighted by atomic mass is 16.5. The number of aliphatic hydroxyl groups excluding tert-OH is 1. The predicted octanol–water partition coefficient (Wildman–Crippen LogP) is 2.08. The molecule has 5 nitrogen and oxygen atoms in total. The summed E-state index contributed by atoms with van der Waals surface area (Å²) >= 11 is 0. The molecular formula is C15H20O5. The van der Waals surface area contributed by atoms with Gasteiger partial charge in [0.2, 0.25) is 0 Å². The quantitative estimate of drug-likeness (QED) is 0.775. The molecule has 1 aromatic rings. The van der Waals surface area contributed by atoms with Crippen LogP contribution in [0.25, 0.3) is 0 Å².